The summed E-state index contributed by atoms with van der Waals surface area (Å²) in [5.74, 6) is 0.742. The third-order valence-corrected chi connectivity index (χ3v) is 2.84. The van der Waals surface area contributed by atoms with E-state index in [0.717, 1.165) is 18.9 Å². The van der Waals surface area contributed by atoms with Gasteiger partial charge in [0.25, 0.3) is 0 Å². The molecule has 6 nitrogen and oxygen atoms in total. The van der Waals surface area contributed by atoms with Crippen LogP contribution in [0.2, 0.25) is 0 Å². The molecular weight excluding hydrogens is 292 g/mol. The minimum atomic E-state index is -0.467. The standard InChI is InChI=1S/C17H28N4O2/c1-17(2,3)23-16(22)20-12-8-11-19-15(18-4)21-13-14-9-6-5-7-10-14/h5-7,9-10H,8,11-13H2,1-4H3,(H,20,22)(H2,18,19,21). The maximum Gasteiger partial charge on any atom is 0.407 e. The normalized spacial score (nSPS) is 11.7. The summed E-state index contributed by atoms with van der Waals surface area (Å²) >= 11 is 0. The van der Waals surface area contributed by atoms with Gasteiger partial charge in [0, 0.05) is 26.7 Å². The van der Waals surface area contributed by atoms with Crippen molar-refractivity contribution in [2.75, 3.05) is 20.1 Å². The van der Waals surface area contributed by atoms with Crippen molar-refractivity contribution in [2.45, 2.75) is 39.3 Å². The zero-order chi connectivity index (χ0) is 17.1. The summed E-state index contributed by atoms with van der Waals surface area (Å²) in [7, 11) is 1.74. The van der Waals surface area contributed by atoms with Crippen molar-refractivity contribution >= 4 is 12.1 Å². The lowest BCUT2D eigenvalue weighted by Gasteiger charge is -2.19. The molecule has 0 aromatic heterocycles. The fourth-order valence-electron chi connectivity index (χ4n) is 1.80. The molecule has 0 saturated heterocycles. The fraction of sp³-hybridized carbons (Fsp3) is 0.529. The van der Waals surface area contributed by atoms with Crippen molar-refractivity contribution in [1.82, 2.24) is 16.0 Å². The van der Waals surface area contributed by atoms with Crippen LogP contribution < -0.4 is 16.0 Å². The number of carbonyl (C=O) groups excluding carboxylic acids is 1. The first-order chi connectivity index (χ1) is 10.9. The summed E-state index contributed by atoms with van der Waals surface area (Å²) in [5, 5.41) is 9.18. The van der Waals surface area contributed by atoms with Crippen LogP contribution in [0.5, 0.6) is 0 Å². The lowest BCUT2D eigenvalue weighted by molar-refractivity contribution is 0.0527. The number of carbonyl (C=O) groups is 1. The Bertz CT molecular complexity index is 495. The first kappa shape index (κ1) is 18.8. The molecule has 0 atom stereocenters. The summed E-state index contributed by atoms with van der Waals surface area (Å²) in [4.78, 5) is 15.6. The lowest BCUT2D eigenvalue weighted by Crippen LogP contribution is -2.39. The van der Waals surface area contributed by atoms with Crippen molar-refractivity contribution in [3.63, 3.8) is 0 Å². The number of guanidine groups is 1. The molecule has 0 aliphatic rings. The van der Waals surface area contributed by atoms with Crippen molar-refractivity contribution in [2.24, 2.45) is 4.99 Å². The monoisotopic (exact) mass is 320 g/mol. The van der Waals surface area contributed by atoms with Gasteiger partial charge in [0.15, 0.2) is 5.96 Å². The highest BCUT2D eigenvalue weighted by atomic mass is 16.6. The summed E-state index contributed by atoms with van der Waals surface area (Å²) in [6, 6.07) is 10.1. The van der Waals surface area contributed by atoms with Crippen LogP contribution in [0.4, 0.5) is 4.79 Å². The van der Waals surface area contributed by atoms with Gasteiger partial charge in [-0.05, 0) is 32.8 Å². The van der Waals surface area contributed by atoms with Crippen LogP contribution in [-0.4, -0.2) is 37.8 Å². The van der Waals surface area contributed by atoms with E-state index in [1.54, 1.807) is 7.05 Å². The smallest absolute Gasteiger partial charge is 0.407 e. The molecule has 23 heavy (non-hydrogen) atoms. The van der Waals surface area contributed by atoms with Gasteiger partial charge < -0.3 is 20.7 Å². The van der Waals surface area contributed by atoms with E-state index in [0.29, 0.717) is 13.1 Å². The predicted molar refractivity (Wildman–Crippen MR) is 93.5 cm³/mol. The van der Waals surface area contributed by atoms with E-state index in [1.165, 1.54) is 5.56 Å². The summed E-state index contributed by atoms with van der Waals surface area (Å²) in [6.45, 7) is 7.52. The number of nitrogens with one attached hydrogen (secondary N) is 3. The third kappa shape index (κ3) is 9.39. The second kappa shape index (κ2) is 9.71. The van der Waals surface area contributed by atoms with Crippen molar-refractivity contribution in [1.29, 1.82) is 0 Å². The van der Waals surface area contributed by atoms with E-state index >= 15 is 0 Å². The molecule has 1 aromatic carbocycles. The Kier molecular flexibility index (Phi) is 7.94. The van der Waals surface area contributed by atoms with Crippen LogP contribution in [0.1, 0.15) is 32.8 Å². The maximum atomic E-state index is 11.5. The molecule has 1 rings (SSSR count). The summed E-state index contributed by atoms with van der Waals surface area (Å²) in [5.41, 5.74) is 0.730. The Labute approximate surface area is 138 Å². The molecule has 0 aliphatic heterocycles. The van der Waals surface area contributed by atoms with Crippen LogP contribution >= 0.6 is 0 Å². The number of alkyl carbamates (subject to hydrolysis) is 1. The van der Waals surface area contributed by atoms with Crippen LogP contribution in [0.25, 0.3) is 0 Å². The van der Waals surface area contributed by atoms with Gasteiger partial charge in [-0.2, -0.15) is 0 Å². The van der Waals surface area contributed by atoms with Gasteiger partial charge in [0.05, 0.1) is 0 Å². The van der Waals surface area contributed by atoms with E-state index in [1.807, 2.05) is 39.0 Å². The number of rotatable bonds is 6. The van der Waals surface area contributed by atoms with Crippen LogP contribution in [0.3, 0.4) is 0 Å². The number of nitrogens with zero attached hydrogens (tertiary/aromatic N) is 1. The Morgan fingerprint density at radius 1 is 1.09 bits per heavy atom. The van der Waals surface area contributed by atoms with Crippen molar-refractivity contribution in [3.8, 4) is 0 Å². The minimum Gasteiger partial charge on any atom is -0.444 e. The average Bonchev–Trinajstić information content (AvgIpc) is 2.49. The molecule has 1 aromatic rings. The zero-order valence-electron chi connectivity index (χ0n) is 14.5. The third-order valence-electron chi connectivity index (χ3n) is 2.84. The van der Waals surface area contributed by atoms with Crippen LogP contribution in [-0.2, 0) is 11.3 Å². The molecule has 3 N–H and O–H groups in total. The molecule has 0 fully saturated rings. The zero-order valence-corrected chi connectivity index (χ0v) is 14.5. The van der Waals surface area contributed by atoms with Gasteiger partial charge in [0.1, 0.15) is 5.60 Å². The van der Waals surface area contributed by atoms with Gasteiger partial charge in [-0.3, -0.25) is 4.99 Å². The number of aliphatic imine (C=N–C) groups is 1. The van der Waals surface area contributed by atoms with E-state index in [2.05, 4.69) is 33.1 Å². The lowest BCUT2D eigenvalue weighted by atomic mass is 10.2. The SMILES string of the molecule is CN=C(NCCCNC(=O)OC(C)(C)C)NCc1ccccc1. The van der Waals surface area contributed by atoms with Gasteiger partial charge in [-0.1, -0.05) is 30.3 Å². The molecule has 0 spiro atoms. The summed E-state index contributed by atoms with van der Waals surface area (Å²) in [6.07, 6.45) is 0.398. The number of hydrogen-bond donors (Lipinski definition) is 3. The average molecular weight is 320 g/mol. The molecule has 0 aliphatic carbocycles. The minimum absolute atomic E-state index is 0.385. The molecule has 0 heterocycles. The molecule has 0 radical (unpaired) electrons. The van der Waals surface area contributed by atoms with Crippen molar-refractivity contribution < 1.29 is 9.53 Å². The first-order valence-corrected chi connectivity index (χ1v) is 7.86. The molecule has 0 bridgehead atoms. The molecular formula is C17H28N4O2. The Morgan fingerprint density at radius 3 is 2.35 bits per heavy atom. The van der Waals surface area contributed by atoms with E-state index < -0.39 is 5.60 Å². The number of hydrogen-bond acceptors (Lipinski definition) is 3. The molecule has 0 saturated carbocycles. The second-order valence-corrected chi connectivity index (χ2v) is 6.12. The van der Waals surface area contributed by atoms with E-state index in [4.69, 9.17) is 4.74 Å². The number of ether oxygens (including phenoxy) is 1. The van der Waals surface area contributed by atoms with E-state index in [-0.39, 0.29) is 6.09 Å². The molecule has 6 heteroatoms. The second-order valence-electron chi connectivity index (χ2n) is 6.12. The van der Waals surface area contributed by atoms with Crippen molar-refractivity contribution in [3.05, 3.63) is 35.9 Å². The Hall–Kier alpha value is -2.24. The van der Waals surface area contributed by atoms with Gasteiger partial charge in [-0.15, -0.1) is 0 Å². The highest BCUT2D eigenvalue weighted by Crippen LogP contribution is 2.06. The fourth-order valence-corrected chi connectivity index (χ4v) is 1.80. The number of amides is 1. The molecule has 0 unspecified atom stereocenters. The predicted octanol–water partition coefficient (Wildman–Crippen LogP) is 2.27. The highest BCUT2D eigenvalue weighted by molar-refractivity contribution is 5.79. The van der Waals surface area contributed by atoms with Crippen LogP contribution in [0.15, 0.2) is 35.3 Å². The van der Waals surface area contributed by atoms with Crippen LogP contribution in [0, 0.1) is 0 Å². The van der Waals surface area contributed by atoms with Gasteiger partial charge >= 0.3 is 6.09 Å². The highest BCUT2D eigenvalue weighted by Gasteiger charge is 2.15. The molecule has 1 amide bonds. The van der Waals surface area contributed by atoms with Gasteiger partial charge in [-0.25, -0.2) is 4.79 Å². The molecule has 128 valence electrons. The Morgan fingerprint density at radius 2 is 1.74 bits per heavy atom. The quantitative estimate of drug-likeness (QED) is 0.427. The topological polar surface area (TPSA) is 74.8 Å². The largest absolute Gasteiger partial charge is 0.444 e. The summed E-state index contributed by atoms with van der Waals surface area (Å²) < 4.78 is 5.17. The Balaban J connectivity index is 2.15. The van der Waals surface area contributed by atoms with Gasteiger partial charge in [0.2, 0.25) is 0 Å². The van der Waals surface area contributed by atoms with E-state index in [9.17, 15) is 4.79 Å². The number of benzene rings is 1. The maximum absolute atomic E-state index is 11.5. The first-order valence-electron chi connectivity index (χ1n) is 7.86.